The molecule has 0 saturated heterocycles. The van der Waals surface area contributed by atoms with E-state index in [0.29, 0.717) is 5.56 Å². The van der Waals surface area contributed by atoms with Crippen LogP contribution in [0.5, 0.6) is 0 Å². The van der Waals surface area contributed by atoms with Crippen molar-refractivity contribution in [2.24, 2.45) is 0 Å². The lowest BCUT2D eigenvalue weighted by Crippen LogP contribution is -2.27. The third kappa shape index (κ3) is 3.74. The highest BCUT2D eigenvalue weighted by Crippen LogP contribution is 2.27. The summed E-state index contributed by atoms with van der Waals surface area (Å²) in [5.74, 6) is -0.708. The molecule has 3 nitrogen and oxygen atoms in total. The monoisotopic (exact) mass is 271 g/mol. The molecule has 0 atom stereocenters. The normalized spacial score (nSPS) is 10.9. The highest BCUT2D eigenvalue weighted by Gasteiger charge is 2.18. The van der Waals surface area contributed by atoms with E-state index < -0.39 is 17.5 Å². The molecule has 1 N–H and O–H groups in total. The zero-order valence-corrected chi connectivity index (χ0v) is 11.3. The Morgan fingerprint density at radius 1 is 1.50 bits per heavy atom. The van der Waals surface area contributed by atoms with Crippen molar-refractivity contribution in [1.29, 1.82) is 0 Å². The van der Waals surface area contributed by atoms with Crippen molar-refractivity contribution in [3.05, 3.63) is 35.1 Å². The molecule has 0 saturated carbocycles. The summed E-state index contributed by atoms with van der Waals surface area (Å²) in [6.07, 6.45) is 0.701. The van der Waals surface area contributed by atoms with E-state index in [1.54, 1.807) is 26.8 Å². The SMILES string of the molecule is C=Cc1ccc(NC(=O)OC(C)(C)C)c(F)c1Cl. The van der Waals surface area contributed by atoms with Crippen LogP contribution >= 0.6 is 11.6 Å². The molecule has 1 rings (SSSR count). The molecule has 0 fully saturated rings. The number of carbonyl (C=O) groups is 1. The van der Waals surface area contributed by atoms with E-state index in [2.05, 4.69) is 11.9 Å². The van der Waals surface area contributed by atoms with Crippen molar-refractivity contribution < 1.29 is 13.9 Å². The van der Waals surface area contributed by atoms with Crippen molar-refractivity contribution in [1.82, 2.24) is 0 Å². The summed E-state index contributed by atoms with van der Waals surface area (Å²) < 4.78 is 18.8. The number of nitrogens with one attached hydrogen (secondary N) is 1. The van der Waals surface area contributed by atoms with Crippen molar-refractivity contribution in [3.8, 4) is 0 Å². The first-order chi connectivity index (χ1) is 8.24. The first kappa shape index (κ1) is 14.5. The van der Waals surface area contributed by atoms with Gasteiger partial charge in [0.1, 0.15) is 5.60 Å². The Bertz CT molecular complexity index is 481. The van der Waals surface area contributed by atoms with Gasteiger partial charge in [-0.2, -0.15) is 0 Å². The lowest BCUT2D eigenvalue weighted by atomic mass is 10.2. The van der Waals surface area contributed by atoms with E-state index in [1.165, 1.54) is 12.1 Å². The average Bonchev–Trinajstić information content (AvgIpc) is 2.22. The lowest BCUT2D eigenvalue weighted by molar-refractivity contribution is 0.0635. The highest BCUT2D eigenvalue weighted by molar-refractivity contribution is 6.32. The molecular weight excluding hydrogens is 257 g/mol. The molecule has 0 bridgehead atoms. The Labute approximate surface area is 111 Å². The third-order valence-electron chi connectivity index (χ3n) is 1.97. The van der Waals surface area contributed by atoms with Crippen LogP contribution in [-0.2, 0) is 4.74 Å². The van der Waals surface area contributed by atoms with E-state index >= 15 is 0 Å². The lowest BCUT2D eigenvalue weighted by Gasteiger charge is -2.20. The maximum absolute atomic E-state index is 13.8. The fourth-order valence-corrected chi connectivity index (χ4v) is 1.47. The minimum Gasteiger partial charge on any atom is -0.444 e. The van der Waals surface area contributed by atoms with Crippen LogP contribution in [0, 0.1) is 5.82 Å². The van der Waals surface area contributed by atoms with Gasteiger partial charge in [0.2, 0.25) is 0 Å². The van der Waals surface area contributed by atoms with Gasteiger partial charge in [0, 0.05) is 0 Å². The van der Waals surface area contributed by atoms with Gasteiger partial charge in [-0.15, -0.1) is 0 Å². The quantitative estimate of drug-likeness (QED) is 0.862. The summed E-state index contributed by atoms with van der Waals surface area (Å²) in [5.41, 5.74) is -0.213. The number of amides is 1. The van der Waals surface area contributed by atoms with Crippen molar-refractivity contribution in [3.63, 3.8) is 0 Å². The first-order valence-electron chi connectivity index (χ1n) is 5.35. The number of anilines is 1. The number of hydrogen-bond acceptors (Lipinski definition) is 2. The molecule has 1 aromatic rings. The predicted molar refractivity (Wildman–Crippen MR) is 71.4 cm³/mol. The van der Waals surface area contributed by atoms with Crippen LogP contribution in [0.3, 0.4) is 0 Å². The minimum absolute atomic E-state index is 0.0279. The van der Waals surface area contributed by atoms with Gasteiger partial charge in [0.05, 0.1) is 10.7 Å². The van der Waals surface area contributed by atoms with E-state index in [-0.39, 0.29) is 10.7 Å². The second-order valence-electron chi connectivity index (χ2n) is 4.66. The smallest absolute Gasteiger partial charge is 0.412 e. The van der Waals surface area contributed by atoms with Crippen molar-refractivity contribution in [2.45, 2.75) is 26.4 Å². The predicted octanol–water partition coefficient (Wildman–Crippen LogP) is 4.47. The second-order valence-corrected chi connectivity index (χ2v) is 5.04. The van der Waals surface area contributed by atoms with Crippen LogP contribution in [0.15, 0.2) is 18.7 Å². The van der Waals surface area contributed by atoms with Gasteiger partial charge >= 0.3 is 6.09 Å². The third-order valence-corrected chi connectivity index (χ3v) is 2.35. The Kier molecular flexibility index (Phi) is 4.35. The van der Waals surface area contributed by atoms with Gasteiger partial charge in [-0.1, -0.05) is 30.3 Å². The highest BCUT2D eigenvalue weighted by atomic mass is 35.5. The van der Waals surface area contributed by atoms with Gasteiger partial charge in [0.15, 0.2) is 5.82 Å². The van der Waals surface area contributed by atoms with Gasteiger partial charge in [-0.05, 0) is 32.4 Å². The van der Waals surface area contributed by atoms with Gasteiger partial charge in [0.25, 0.3) is 0 Å². The molecule has 1 amide bonds. The van der Waals surface area contributed by atoms with Crippen LogP contribution in [0.4, 0.5) is 14.9 Å². The van der Waals surface area contributed by atoms with Crippen molar-refractivity contribution >= 4 is 29.5 Å². The molecule has 0 aliphatic rings. The van der Waals surface area contributed by atoms with Crippen LogP contribution in [-0.4, -0.2) is 11.7 Å². The van der Waals surface area contributed by atoms with Crippen LogP contribution in [0.1, 0.15) is 26.3 Å². The van der Waals surface area contributed by atoms with Crippen LogP contribution in [0.2, 0.25) is 5.02 Å². The van der Waals surface area contributed by atoms with Gasteiger partial charge in [-0.25, -0.2) is 9.18 Å². The van der Waals surface area contributed by atoms with E-state index in [0.717, 1.165) is 0 Å². The Morgan fingerprint density at radius 3 is 2.61 bits per heavy atom. The summed E-state index contributed by atoms with van der Waals surface area (Å²) in [6.45, 7) is 8.67. The fourth-order valence-electron chi connectivity index (χ4n) is 1.23. The van der Waals surface area contributed by atoms with Crippen LogP contribution < -0.4 is 5.32 Å². The minimum atomic E-state index is -0.733. The summed E-state index contributed by atoms with van der Waals surface area (Å²) in [7, 11) is 0. The van der Waals surface area contributed by atoms with E-state index in [4.69, 9.17) is 16.3 Å². The van der Waals surface area contributed by atoms with Crippen LogP contribution in [0.25, 0.3) is 6.08 Å². The molecule has 0 heterocycles. The summed E-state index contributed by atoms with van der Waals surface area (Å²) in [6, 6.07) is 2.97. The zero-order valence-electron chi connectivity index (χ0n) is 10.5. The summed E-state index contributed by atoms with van der Waals surface area (Å²) in [5, 5.41) is 2.22. The molecular formula is C13H15ClFNO2. The maximum atomic E-state index is 13.8. The Hall–Kier alpha value is -1.55. The molecule has 1 aromatic carbocycles. The number of benzene rings is 1. The Balaban J connectivity index is 2.90. The fraction of sp³-hybridized carbons (Fsp3) is 0.308. The Morgan fingerprint density at radius 2 is 2.11 bits per heavy atom. The number of halogens is 2. The second kappa shape index (κ2) is 5.40. The molecule has 0 spiro atoms. The topological polar surface area (TPSA) is 38.3 Å². The van der Waals surface area contributed by atoms with Gasteiger partial charge in [-0.3, -0.25) is 5.32 Å². The number of rotatable bonds is 2. The average molecular weight is 272 g/mol. The zero-order chi connectivity index (χ0) is 13.9. The number of hydrogen-bond donors (Lipinski definition) is 1. The molecule has 0 aromatic heterocycles. The van der Waals surface area contributed by atoms with E-state index in [9.17, 15) is 9.18 Å². The molecule has 18 heavy (non-hydrogen) atoms. The summed E-state index contributed by atoms with van der Waals surface area (Å²) >= 11 is 5.78. The maximum Gasteiger partial charge on any atom is 0.412 e. The summed E-state index contributed by atoms with van der Waals surface area (Å²) in [4.78, 5) is 11.5. The van der Waals surface area contributed by atoms with Crippen molar-refractivity contribution in [2.75, 3.05) is 5.32 Å². The molecule has 5 heteroatoms. The molecule has 0 aliphatic heterocycles. The van der Waals surface area contributed by atoms with E-state index in [1.807, 2.05) is 0 Å². The largest absolute Gasteiger partial charge is 0.444 e. The van der Waals surface area contributed by atoms with Gasteiger partial charge < -0.3 is 4.74 Å². The number of carbonyl (C=O) groups excluding carboxylic acids is 1. The first-order valence-corrected chi connectivity index (χ1v) is 5.73. The molecule has 98 valence electrons. The molecule has 0 radical (unpaired) electrons. The molecule has 0 aliphatic carbocycles. The number of ether oxygens (including phenoxy) is 1. The molecule has 0 unspecified atom stereocenters. The standard InChI is InChI=1S/C13H15ClFNO2/c1-5-8-6-7-9(11(15)10(8)14)16-12(17)18-13(2,3)4/h5-7H,1H2,2-4H3,(H,16,17).